The maximum atomic E-state index is 12.6. The van der Waals surface area contributed by atoms with Gasteiger partial charge in [0.15, 0.2) is 11.8 Å². The molecule has 0 aliphatic carbocycles. The number of rotatable bonds is 5. The summed E-state index contributed by atoms with van der Waals surface area (Å²) in [6.45, 7) is 3.92. The fraction of sp³-hybridized carbons (Fsp3) is 0.227. The molecule has 0 saturated carbocycles. The zero-order valence-corrected chi connectivity index (χ0v) is 17.6. The Kier molecular flexibility index (Phi) is 6.39. The maximum absolute atomic E-state index is 12.6. The van der Waals surface area contributed by atoms with Gasteiger partial charge in [0.05, 0.1) is 17.7 Å². The van der Waals surface area contributed by atoms with Crippen LogP contribution in [0.5, 0.6) is 5.75 Å². The predicted molar refractivity (Wildman–Crippen MR) is 115 cm³/mol. The molecule has 3 rings (SSSR count). The molecule has 0 N–H and O–H groups in total. The van der Waals surface area contributed by atoms with Crippen molar-refractivity contribution in [3.8, 4) is 5.75 Å². The highest BCUT2D eigenvalue weighted by atomic mass is 32.2. The number of aliphatic imine (C=N–C) groups is 1. The summed E-state index contributed by atoms with van der Waals surface area (Å²) in [7, 11) is 3.02. The lowest BCUT2D eigenvalue weighted by Crippen LogP contribution is -2.23. The number of nitrogens with zero attached hydrogens (tertiary/aromatic N) is 2. The summed E-state index contributed by atoms with van der Waals surface area (Å²) in [4.78, 5) is 30.6. The molecule has 0 radical (unpaired) electrons. The van der Waals surface area contributed by atoms with Gasteiger partial charge in [0.1, 0.15) is 5.75 Å². The van der Waals surface area contributed by atoms with Gasteiger partial charge in [0.2, 0.25) is 0 Å². The van der Waals surface area contributed by atoms with Crippen LogP contribution >= 0.6 is 11.8 Å². The fourth-order valence-electron chi connectivity index (χ4n) is 2.60. The second-order valence-corrected chi connectivity index (χ2v) is 7.58. The molecule has 1 aliphatic heterocycles. The van der Waals surface area contributed by atoms with Crippen LogP contribution in [0.3, 0.4) is 0 Å². The van der Waals surface area contributed by atoms with E-state index in [-0.39, 0.29) is 12.5 Å². The number of amides is 1. The number of carbonyl (C=O) groups excluding carboxylic acids is 2. The average Bonchev–Trinajstić information content (AvgIpc) is 2.97. The van der Waals surface area contributed by atoms with Crippen LogP contribution in [0, 0.1) is 13.8 Å². The molecule has 0 unspecified atom stereocenters. The van der Waals surface area contributed by atoms with Crippen LogP contribution in [0.15, 0.2) is 52.4 Å². The van der Waals surface area contributed by atoms with Crippen molar-refractivity contribution in [1.82, 2.24) is 4.90 Å². The number of methoxy groups -OCH3 is 1. The molecule has 2 aromatic rings. The quantitative estimate of drug-likeness (QED) is 0.549. The minimum absolute atomic E-state index is 0.113. The van der Waals surface area contributed by atoms with E-state index >= 15 is 0 Å². The summed E-state index contributed by atoms with van der Waals surface area (Å²) < 4.78 is 9.97. The first-order valence-electron chi connectivity index (χ1n) is 9.00. The maximum Gasteiger partial charge on any atom is 0.343 e. The Hall–Kier alpha value is -3.06. The standard InChI is InChI=1S/C22H22N2O4S/c1-14-8-9-17(10-15(14)2)23-22-24(3)21(26)19(29-22)12-16-6-5-7-18(11-16)28-13-20(25)27-4/h5-12H,13H2,1-4H3/b19-12+,23-22?. The van der Waals surface area contributed by atoms with Crippen LogP contribution in [-0.2, 0) is 14.3 Å². The van der Waals surface area contributed by atoms with E-state index in [1.165, 1.54) is 24.4 Å². The molecule has 6 nitrogen and oxygen atoms in total. The van der Waals surface area contributed by atoms with Gasteiger partial charge < -0.3 is 9.47 Å². The molecule has 1 fully saturated rings. The Morgan fingerprint density at radius 2 is 1.97 bits per heavy atom. The van der Waals surface area contributed by atoms with Gasteiger partial charge in [-0.05, 0) is 72.6 Å². The van der Waals surface area contributed by atoms with Gasteiger partial charge in [-0.3, -0.25) is 9.69 Å². The molecule has 1 amide bonds. The van der Waals surface area contributed by atoms with Crippen LogP contribution in [0.25, 0.3) is 6.08 Å². The SMILES string of the molecule is COC(=O)COc1cccc(/C=C2/SC(=Nc3ccc(C)c(C)c3)N(C)C2=O)c1. The average molecular weight is 410 g/mol. The third kappa shape index (κ3) is 5.06. The van der Waals surface area contributed by atoms with Crippen molar-refractivity contribution >= 4 is 40.6 Å². The molecule has 0 aromatic heterocycles. The molecule has 0 bridgehead atoms. The van der Waals surface area contributed by atoms with Gasteiger partial charge in [-0.1, -0.05) is 18.2 Å². The molecule has 1 saturated heterocycles. The Labute approximate surface area is 174 Å². The number of aryl methyl sites for hydroxylation is 2. The third-order valence-corrected chi connectivity index (χ3v) is 5.52. The van der Waals surface area contributed by atoms with Crippen molar-refractivity contribution in [2.24, 2.45) is 4.99 Å². The van der Waals surface area contributed by atoms with Crippen molar-refractivity contribution < 1.29 is 19.1 Å². The van der Waals surface area contributed by atoms with Crippen molar-refractivity contribution in [3.05, 3.63) is 64.1 Å². The van der Waals surface area contributed by atoms with E-state index in [0.717, 1.165) is 16.8 Å². The van der Waals surface area contributed by atoms with Crippen LogP contribution in [0.4, 0.5) is 5.69 Å². The van der Waals surface area contributed by atoms with Crippen molar-refractivity contribution in [1.29, 1.82) is 0 Å². The first-order valence-corrected chi connectivity index (χ1v) is 9.82. The summed E-state index contributed by atoms with van der Waals surface area (Å²) in [6, 6.07) is 13.1. The number of thioether (sulfide) groups is 1. The predicted octanol–water partition coefficient (Wildman–Crippen LogP) is 4.09. The number of benzene rings is 2. The lowest BCUT2D eigenvalue weighted by molar-refractivity contribution is -0.142. The second kappa shape index (κ2) is 8.96. The number of hydrogen-bond donors (Lipinski definition) is 0. The summed E-state index contributed by atoms with van der Waals surface area (Å²) in [5, 5.41) is 0.627. The van der Waals surface area contributed by atoms with E-state index in [4.69, 9.17) is 4.74 Å². The molecule has 2 aromatic carbocycles. The molecule has 7 heteroatoms. The zero-order valence-electron chi connectivity index (χ0n) is 16.8. The minimum atomic E-state index is -0.455. The third-order valence-electron chi connectivity index (χ3n) is 4.46. The van der Waals surface area contributed by atoms with E-state index in [0.29, 0.717) is 15.8 Å². The van der Waals surface area contributed by atoms with Crippen LogP contribution in [0.1, 0.15) is 16.7 Å². The van der Waals surface area contributed by atoms with E-state index in [1.54, 1.807) is 36.2 Å². The summed E-state index contributed by atoms with van der Waals surface area (Å²) in [5.74, 6) is -0.0415. The zero-order chi connectivity index (χ0) is 21.0. The summed E-state index contributed by atoms with van der Waals surface area (Å²) >= 11 is 1.33. The smallest absolute Gasteiger partial charge is 0.343 e. The van der Waals surface area contributed by atoms with Crippen LogP contribution < -0.4 is 4.74 Å². The Morgan fingerprint density at radius 3 is 2.69 bits per heavy atom. The Balaban J connectivity index is 1.80. The van der Waals surface area contributed by atoms with Gasteiger partial charge in [-0.15, -0.1) is 0 Å². The molecule has 0 atom stereocenters. The van der Waals surface area contributed by atoms with Crippen LogP contribution in [0.2, 0.25) is 0 Å². The van der Waals surface area contributed by atoms with Crippen molar-refractivity contribution in [2.75, 3.05) is 20.8 Å². The Morgan fingerprint density at radius 1 is 1.17 bits per heavy atom. The lowest BCUT2D eigenvalue weighted by Gasteiger charge is -2.08. The van der Waals surface area contributed by atoms with Gasteiger partial charge in [0.25, 0.3) is 5.91 Å². The van der Waals surface area contributed by atoms with E-state index in [9.17, 15) is 9.59 Å². The molecule has 1 heterocycles. The number of hydrogen-bond acceptors (Lipinski definition) is 6. The topological polar surface area (TPSA) is 68.2 Å². The highest BCUT2D eigenvalue weighted by molar-refractivity contribution is 8.18. The highest BCUT2D eigenvalue weighted by Crippen LogP contribution is 2.33. The number of ether oxygens (including phenoxy) is 2. The summed E-state index contributed by atoms with van der Waals surface area (Å²) in [5.41, 5.74) is 3.97. The van der Waals surface area contributed by atoms with Crippen molar-refractivity contribution in [2.45, 2.75) is 13.8 Å². The summed E-state index contributed by atoms with van der Waals surface area (Å²) in [6.07, 6.45) is 1.79. The molecule has 150 valence electrons. The second-order valence-electron chi connectivity index (χ2n) is 6.58. The van der Waals surface area contributed by atoms with Gasteiger partial charge in [0, 0.05) is 7.05 Å². The Bertz CT molecular complexity index is 1010. The van der Waals surface area contributed by atoms with E-state index < -0.39 is 5.97 Å². The van der Waals surface area contributed by atoms with Gasteiger partial charge in [-0.2, -0.15) is 0 Å². The highest BCUT2D eigenvalue weighted by Gasteiger charge is 2.30. The minimum Gasteiger partial charge on any atom is -0.482 e. The number of amidine groups is 1. The van der Waals surface area contributed by atoms with E-state index in [1.807, 2.05) is 31.2 Å². The fourth-order valence-corrected chi connectivity index (χ4v) is 3.59. The largest absolute Gasteiger partial charge is 0.482 e. The number of carbonyl (C=O) groups is 2. The van der Waals surface area contributed by atoms with E-state index in [2.05, 4.69) is 16.7 Å². The molecule has 29 heavy (non-hydrogen) atoms. The molecule has 0 spiro atoms. The first-order chi connectivity index (χ1) is 13.9. The lowest BCUT2D eigenvalue weighted by atomic mass is 10.1. The molecule has 1 aliphatic rings. The molecular weight excluding hydrogens is 388 g/mol. The van der Waals surface area contributed by atoms with Crippen LogP contribution in [-0.4, -0.2) is 42.7 Å². The normalized spacial score (nSPS) is 16.6. The van der Waals surface area contributed by atoms with Gasteiger partial charge in [-0.25, -0.2) is 9.79 Å². The van der Waals surface area contributed by atoms with Crippen molar-refractivity contribution in [3.63, 3.8) is 0 Å². The molecular formula is C22H22N2O4S. The monoisotopic (exact) mass is 410 g/mol. The van der Waals surface area contributed by atoms with Gasteiger partial charge >= 0.3 is 5.97 Å². The first kappa shape index (κ1) is 20.7. The number of likely N-dealkylation sites (N-methyl/N-ethyl adjacent to an activating group) is 1. The number of esters is 1.